The molecule has 1 amide bonds. The molecule has 5 nitrogen and oxygen atoms in total. The van der Waals surface area contributed by atoms with Crippen LogP contribution in [-0.2, 0) is 0 Å². The number of hydrogen-bond acceptors (Lipinski definition) is 3. The van der Waals surface area contributed by atoms with Gasteiger partial charge in [-0.2, -0.15) is 5.10 Å². The topological polar surface area (TPSA) is 61.0 Å². The van der Waals surface area contributed by atoms with Gasteiger partial charge in [-0.3, -0.25) is 9.89 Å². The maximum atomic E-state index is 12.7. The van der Waals surface area contributed by atoms with Gasteiger partial charge in [0.05, 0.1) is 4.47 Å². The van der Waals surface area contributed by atoms with Crippen molar-refractivity contribution in [3.8, 4) is 11.3 Å². The summed E-state index contributed by atoms with van der Waals surface area (Å²) in [5.74, 6) is 0.00139. The molecule has 2 N–H and O–H groups in total. The van der Waals surface area contributed by atoms with Crippen LogP contribution in [0.4, 0.5) is 0 Å². The Bertz CT molecular complexity index is 661. The van der Waals surface area contributed by atoms with Crippen LogP contribution in [0.1, 0.15) is 23.3 Å². The zero-order chi connectivity index (χ0) is 15.5. The van der Waals surface area contributed by atoms with Gasteiger partial charge in [0.1, 0.15) is 11.4 Å². The van der Waals surface area contributed by atoms with E-state index in [1.807, 2.05) is 42.3 Å². The van der Waals surface area contributed by atoms with Crippen LogP contribution in [0.15, 0.2) is 34.8 Å². The van der Waals surface area contributed by atoms with Crippen LogP contribution >= 0.6 is 28.3 Å². The summed E-state index contributed by atoms with van der Waals surface area (Å²) in [5, 5.41) is 10.5. The van der Waals surface area contributed by atoms with Gasteiger partial charge >= 0.3 is 0 Å². The van der Waals surface area contributed by atoms with E-state index < -0.39 is 0 Å². The molecule has 124 valence electrons. The SMILES string of the molecule is CNC1CCCN(C(=O)c2[nH]nc(-c3ccccc3)c2Br)C1.Cl. The molecule has 1 atom stereocenters. The van der Waals surface area contributed by atoms with Gasteiger partial charge in [-0.25, -0.2) is 0 Å². The van der Waals surface area contributed by atoms with Crippen molar-refractivity contribution >= 4 is 34.2 Å². The predicted molar refractivity (Wildman–Crippen MR) is 97.0 cm³/mol. The highest BCUT2D eigenvalue weighted by atomic mass is 79.9. The number of likely N-dealkylation sites (N-methyl/N-ethyl adjacent to an activating group) is 1. The van der Waals surface area contributed by atoms with Crippen molar-refractivity contribution in [2.24, 2.45) is 0 Å². The Morgan fingerprint density at radius 2 is 2.13 bits per heavy atom. The number of halogens is 2. The van der Waals surface area contributed by atoms with Gasteiger partial charge in [0.25, 0.3) is 5.91 Å². The number of nitrogens with one attached hydrogen (secondary N) is 2. The lowest BCUT2D eigenvalue weighted by Crippen LogP contribution is -2.47. The number of carbonyl (C=O) groups excluding carboxylic acids is 1. The van der Waals surface area contributed by atoms with Crippen molar-refractivity contribution in [1.29, 1.82) is 0 Å². The normalized spacial score (nSPS) is 17.7. The second-order valence-electron chi connectivity index (χ2n) is 5.51. The molecule has 2 heterocycles. The number of amides is 1. The van der Waals surface area contributed by atoms with E-state index in [4.69, 9.17) is 0 Å². The standard InChI is InChI=1S/C16H19BrN4O.ClH/c1-18-12-8-5-9-21(10-12)16(22)15-13(17)14(19-20-15)11-6-3-2-4-7-11;/h2-4,6-7,12,18H,5,8-10H2,1H3,(H,19,20);1H. The Balaban J connectivity index is 0.00000192. The third-order valence-corrected chi connectivity index (χ3v) is 4.86. The minimum absolute atomic E-state index is 0. The van der Waals surface area contributed by atoms with E-state index in [9.17, 15) is 4.79 Å². The van der Waals surface area contributed by atoms with E-state index in [2.05, 4.69) is 31.4 Å². The lowest BCUT2D eigenvalue weighted by atomic mass is 10.1. The first kappa shape index (κ1) is 18.0. The van der Waals surface area contributed by atoms with Crippen molar-refractivity contribution in [3.05, 3.63) is 40.5 Å². The average Bonchev–Trinajstić information content (AvgIpc) is 2.96. The molecule has 0 aliphatic carbocycles. The van der Waals surface area contributed by atoms with Crippen LogP contribution in [0.3, 0.4) is 0 Å². The summed E-state index contributed by atoms with van der Waals surface area (Å²) >= 11 is 3.53. The van der Waals surface area contributed by atoms with Gasteiger partial charge < -0.3 is 10.2 Å². The first-order chi connectivity index (χ1) is 10.7. The lowest BCUT2D eigenvalue weighted by molar-refractivity contribution is 0.0691. The maximum absolute atomic E-state index is 12.7. The number of carbonyl (C=O) groups is 1. The molecule has 1 saturated heterocycles. The van der Waals surface area contributed by atoms with E-state index in [-0.39, 0.29) is 18.3 Å². The van der Waals surface area contributed by atoms with Crippen molar-refractivity contribution in [3.63, 3.8) is 0 Å². The van der Waals surface area contributed by atoms with Gasteiger partial charge in [-0.15, -0.1) is 12.4 Å². The molecular weight excluding hydrogens is 380 g/mol. The Morgan fingerprint density at radius 3 is 2.83 bits per heavy atom. The maximum Gasteiger partial charge on any atom is 0.273 e. The van der Waals surface area contributed by atoms with Gasteiger partial charge in [0.15, 0.2) is 0 Å². The number of likely N-dealkylation sites (tertiary alicyclic amines) is 1. The highest BCUT2D eigenvalue weighted by molar-refractivity contribution is 9.10. The molecule has 1 aliphatic heterocycles. The summed E-state index contributed by atoms with van der Waals surface area (Å²) in [6.07, 6.45) is 2.13. The molecule has 2 aromatic rings. The number of aromatic nitrogens is 2. The van der Waals surface area contributed by atoms with Gasteiger partial charge in [-0.05, 0) is 35.8 Å². The van der Waals surface area contributed by atoms with Gasteiger partial charge in [0.2, 0.25) is 0 Å². The Morgan fingerprint density at radius 1 is 1.39 bits per heavy atom. The summed E-state index contributed by atoms with van der Waals surface area (Å²) in [7, 11) is 1.94. The quantitative estimate of drug-likeness (QED) is 0.834. The highest BCUT2D eigenvalue weighted by Crippen LogP contribution is 2.29. The Labute approximate surface area is 150 Å². The van der Waals surface area contributed by atoms with E-state index in [0.717, 1.165) is 41.7 Å². The smallest absolute Gasteiger partial charge is 0.273 e. The Hall–Kier alpha value is -1.37. The number of benzene rings is 1. The Kier molecular flexibility index (Phi) is 6.21. The second kappa shape index (κ2) is 7.95. The number of piperidine rings is 1. The number of nitrogens with zero attached hydrogens (tertiary/aromatic N) is 2. The molecule has 23 heavy (non-hydrogen) atoms. The van der Waals surface area contributed by atoms with Crippen LogP contribution < -0.4 is 5.32 Å². The van der Waals surface area contributed by atoms with Crippen LogP contribution in [0.2, 0.25) is 0 Å². The molecule has 1 aliphatic rings. The minimum Gasteiger partial charge on any atom is -0.336 e. The largest absolute Gasteiger partial charge is 0.336 e. The molecule has 7 heteroatoms. The van der Waals surface area contributed by atoms with Crippen molar-refractivity contribution < 1.29 is 4.79 Å². The summed E-state index contributed by atoms with van der Waals surface area (Å²) in [6.45, 7) is 1.53. The van der Waals surface area contributed by atoms with E-state index in [1.54, 1.807) is 0 Å². The summed E-state index contributed by atoms with van der Waals surface area (Å²) < 4.78 is 0.732. The molecule has 1 unspecified atom stereocenters. The third-order valence-electron chi connectivity index (χ3n) is 4.08. The summed E-state index contributed by atoms with van der Waals surface area (Å²) in [4.78, 5) is 14.6. The van der Waals surface area contributed by atoms with Crippen molar-refractivity contribution in [1.82, 2.24) is 20.4 Å². The van der Waals surface area contributed by atoms with E-state index in [1.165, 1.54) is 0 Å². The fourth-order valence-electron chi connectivity index (χ4n) is 2.81. The predicted octanol–water partition coefficient (Wildman–Crippen LogP) is 3.09. The van der Waals surface area contributed by atoms with Crippen LogP contribution in [0.5, 0.6) is 0 Å². The highest BCUT2D eigenvalue weighted by Gasteiger charge is 2.27. The average molecular weight is 400 g/mol. The zero-order valence-electron chi connectivity index (χ0n) is 12.9. The molecule has 0 saturated carbocycles. The van der Waals surface area contributed by atoms with Crippen molar-refractivity contribution in [2.45, 2.75) is 18.9 Å². The molecule has 1 aromatic carbocycles. The fourth-order valence-corrected chi connectivity index (χ4v) is 3.39. The van der Waals surface area contributed by atoms with Crippen molar-refractivity contribution in [2.75, 3.05) is 20.1 Å². The number of hydrogen-bond donors (Lipinski definition) is 2. The monoisotopic (exact) mass is 398 g/mol. The van der Waals surface area contributed by atoms with E-state index >= 15 is 0 Å². The number of H-pyrrole nitrogens is 1. The minimum atomic E-state index is 0. The number of aromatic amines is 1. The first-order valence-corrected chi connectivity index (χ1v) is 8.26. The summed E-state index contributed by atoms with van der Waals surface area (Å²) in [6, 6.07) is 10.2. The number of rotatable bonds is 3. The molecular formula is C16H20BrClN4O. The molecule has 0 spiro atoms. The molecule has 3 rings (SSSR count). The van der Waals surface area contributed by atoms with Crippen LogP contribution in [0, 0.1) is 0 Å². The molecule has 1 fully saturated rings. The van der Waals surface area contributed by atoms with Crippen LogP contribution in [-0.4, -0.2) is 47.2 Å². The molecule has 0 bridgehead atoms. The zero-order valence-corrected chi connectivity index (χ0v) is 15.3. The van der Waals surface area contributed by atoms with Gasteiger partial charge in [0, 0.05) is 24.7 Å². The second-order valence-corrected chi connectivity index (χ2v) is 6.30. The fraction of sp³-hybridized carbons (Fsp3) is 0.375. The van der Waals surface area contributed by atoms with E-state index in [0.29, 0.717) is 11.7 Å². The first-order valence-electron chi connectivity index (χ1n) is 7.46. The lowest BCUT2D eigenvalue weighted by Gasteiger charge is -2.32. The molecule has 1 aromatic heterocycles. The molecule has 0 radical (unpaired) electrons. The summed E-state index contributed by atoms with van der Waals surface area (Å²) in [5.41, 5.74) is 2.28. The third kappa shape index (κ3) is 3.76. The van der Waals surface area contributed by atoms with Crippen LogP contribution in [0.25, 0.3) is 11.3 Å². The van der Waals surface area contributed by atoms with Gasteiger partial charge in [-0.1, -0.05) is 30.3 Å².